The highest BCUT2D eigenvalue weighted by Crippen LogP contribution is 2.40. The van der Waals surface area contributed by atoms with Crippen LogP contribution in [0.1, 0.15) is 78.1 Å². The number of rotatable bonds is 10. The summed E-state index contributed by atoms with van der Waals surface area (Å²) in [5.74, 6) is 1.66. The topological polar surface area (TPSA) is 164 Å². The van der Waals surface area contributed by atoms with Gasteiger partial charge in [-0.15, -0.1) is 11.3 Å². The summed E-state index contributed by atoms with van der Waals surface area (Å²) >= 11 is 1.61. The van der Waals surface area contributed by atoms with Crippen molar-refractivity contribution < 1.29 is 28.7 Å². The molecule has 3 N–H and O–H groups in total. The van der Waals surface area contributed by atoms with Crippen molar-refractivity contribution in [1.82, 2.24) is 40.0 Å². The lowest BCUT2D eigenvalue weighted by Crippen LogP contribution is -2.51. The number of aryl methyl sites for hydroxylation is 1. The molecule has 2 aliphatic rings. The van der Waals surface area contributed by atoms with E-state index in [4.69, 9.17) is 19.4 Å². The first-order valence-corrected chi connectivity index (χ1v) is 20.8. The minimum absolute atomic E-state index is 0.110. The largest absolute Gasteiger partial charge is 0.453 e. The third-order valence-corrected chi connectivity index (χ3v) is 12.7. The van der Waals surface area contributed by atoms with Crippen molar-refractivity contribution >= 4 is 56.7 Å². The summed E-state index contributed by atoms with van der Waals surface area (Å²) < 4.78 is 11.7. The van der Waals surface area contributed by atoms with Crippen molar-refractivity contribution in [3.05, 3.63) is 60.2 Å². The van der Waals surface area contributed by atoms with Crippen LogP contribution in [0.2, 0.25) is 0 Å². The number of ether oxygens (including phenoxy) is 2. The van der Waals surface area contributed by atoms with Gasteiger partial charge in [0.2, 0.25) is 11.8 Å². The summed E-state index contributed by atoms with van der Waals surface area (Å²) in [6.45, 7) is 13.1. The van der Waals surface area contributed by atoms with E-state index in [-0.39, 0.29) is 47.6 Å². The lowest BCUT2D eigenvalue weighted by atomic mass is 10.0. The molecule has 4 amide bonds. The lowest BCUT2D eigenvalue weighted by Gasteiger charge is -2.30. The van der Waals surface area contributed by atoms with Gasteiger partial charge in [-0.1, -0.05) is 71.9 Å². The number of hydrogen-bond donors (Lipinski definition) is 3. The number of aromatic nitrogens is 4. The highest BCUT2D eigenvalue weighted by molar-refractivity contribution is 7.21. The number of carbonyl (C=O) groups is 4. The van der Waals surface area contributed by atoms with Crippen molar-refractivity contribution in [3.8, 4) is 21.6 Å². The lowest BCUT2D eigenvalue weighted by molar-refractivity contribution is -0.136. The molecule has 7 rings (SSSR count). The van der Waals surface area contributed by atoms with Gasteiger partial charge in [0.25, 0.3) is 0 Å². The quantitative estimate of drug-likeness (QED) is 0.131. The number of H-pyrrole nitrogens is 1. The first kappa shape index (κ1) is 40.7. The van der Waals surface area contributed by atoms with Crippen molar-refractivity contribution in [2.75, 3.05) is 27.3 Å². The van der Waals surface area contributed by atoms with Crippen molar-refractivity contribution in [2.24, 2.45) is 30.7 Å². The third kappa shape index (κ3) is 7.88. The highest BCUT2D eigenvalue weighted by Gasteiger charge is 2.42. The van der Waals surface area contributed by atoms with E-state index < -0.39 is 24.3 Å². The number of amides is 4. The summed E-state index contributed by atoms with van der Waals surface area (Å²) in [6.07, 6.45) is 0.316. The molecule has 308 valence electrons. The second-order valence-corrected chi connectivity index (χ2v) is 17.7. The molecule has 5 aromatic rings. The maximum Gasteiger partial charge on any atom is 0.407 e. The van der Waals surface area contributed by atoms with Crippen LogP contribution in [0.4, 0.5) is 9.59 Å². The molecule has 2 saturated heterocycles. The molecule has 15 heteroatoms. The average molecular weight is 811 g/mol. The van der Waals surface area contributed by atoms with Crippen LogP contribution in [-0.4, -0.2) is 92.7 Å². The fourth-order valence-corrected chi connectivity index (χ4v) is 9.49. The Balaban J connectivity index is 1.08. The van der Waals surface area contributed by atoms with E-state index in [9.17, 15) is 19.2 Å². The second-order valence-electron chi connectivity index (χ2n) is 16.7. The number of benzene rings is 2. The number of fused-ring (bicyclic) bond motifs is 2. The van der Waals surface area contributed by atoms with E-state index in [1.54, 1.807) is 11.3 Å². The van der Waals surface area contributed by atoms with Gasteiger partial charge in [0.15, 0.2) is 0 Å². The first-order valence-electron chi connectivity index (χ1n) is 20.0. The zero-order valence-electron chi connectivity index (χ0n) is 34.7. The number of likely N-dealkylation sites (tertiary alicyclic amines) is 2. The summed E-state index contributed by atoms with van der Waals surface area (Å²) in [5, 5.41) is 5.46. The average Bonchev–Trinajstić information content (AvgIpc) is 4.03. The van der Waals surface area contributed by atoms with Crippen molar-refractivity contribution in [2.45, 2.75) is 78.6 Å². The van der Waals surface area contributed by atoms with E-state index in [1.807, 2.05) is 44.5 Å². The molecule has 2 aliphatic heterocycles. The van der Waals surface area contributed by atoms with Gasteiger partial charge in [-0.25, -0.2) is 19.6 Å². The van der Waals surface area contributed by atoms with Crippen LogP contribution in [0, 0.1) is 23.7 Å². The molecule has 0 spiro atoms. The molecule has 58 heavy (non-hydrogen) atoms. The van der Waals surface area contributed by atoms with Crippen LogP contribution >= 0.6 is 11.3 Å². The fraction of sp³-hybridized carbons (Fsp3) is 0.488. The second kappa shape index (κ2) is 16.4. The van der Waals surface area contributed by atoms with Gasteiger partial charge in [0.1, 0.15) is 28.6 Å². The zero-order valence-corrected chi connectivity index (χ0v) is 35.5. The van der Waals surface area contributed by atoms with Gasteiger partial charge in [0.05, 0.1) is 42.9 Å². The number of imidazole rings is 2. The molecular formula is C43H54N8O6S. The maximum absolute atomic E-state index is 13.9. The van der Waals surface area contributed by atoms with Crippen LogP contribution in [0.15, 0.2) is 48.5 Å². The minimum atomic E-state index is -0.702. The molecule has 2 fully saturated rings. The Bertz CT molecular complexity index is 2300. The Hall–Kier alpha value is -5.44. The summed E-state index contributed by atoms with van der Waals surface area (Å²) in [4.78, 5) is 71.0. The van der Waals surface area contributed by atoms with Gasteiger partial charge in [-0.3, -0.25) is 9.59 Å². The number of methoxy groups -OCH3 is 2. The Morgan fingerprint density at radius 2 is 1.29 bits per heavy atom. The monoisotopic (exact) mass is 810 g/mol. The predicted molar refractivity (Wildman–Crippen MR) is 224 cm³/mol. The minimum Gasteiger partial charge on any atom is -0.453 e. The van der Waals surface area contributed by atoms with Crippen molar-refractivity contribution in [3.63, 3.8) is 0 Å². The molecule has 0 saturated carbocycles. The molecule has 5 heterocycles. The van der Waals surface area contributed by atoms with E-state index in [1.165, 1.54) is 14.2 Å². The first-order chi connectivity index (χ1) is 27.7. The number of thiophene rings is 1. The number of carbonyl (C=O) groups excluding carboxylic acids is 4. The number of hydrogen-bond acceptors (Lipinski definition) is 9. The Morgan fingerprint density at radius 1 is 0.759 bits per heavy atom. The third-order valence-electron chi connectivity index (χ3n) is 11.6. The van der Waals surface area contributed by atoms with E-state index in [0.717, 1.165) is 67.4 Å². The van der Waals surface area contributed by atoms with Gasteiger partial charge in [-0.2, -0.15) is 0 Å². The summed E-state index contributed by atoms with van der Waals surface area (Å²) in [5.41, 5.74) is 5.92. The number of nitrogens with one attached hydrogen (secondary N) is 3. The van der Waals surface area contributed by atoms with E-state index in [2.05, 4.69) is 82.6 Å². The van der Waals surface area contributed by atoms with Gasteiger partial charge >= 0.3 is 12.2 Å². The Morgan fingerprint density at radius 3 is 1.84 bits per heavy atom. The molecule has 0 radical (unpaired) electrons. The number of nitrogens with zero attached hydrogens (tertiary/aromatic N) is 5. The van der Waals surface area contributed by atoms with Crippen LogP contribution < -0.4 is 10.6 Å². The van der Waals surface area contributed by atoms with Gasteiger partial charge < -0.3 is 39.5 Å². The Kier molecular flexibility index (Phi) is 11.5. The highest BCUT2D eigenvalue weighted by atomic mass is 32.1. The van der Waals surface area contributed by atoms with Crippen LogP contribution in [0.5, 0.6) is 0 Å². The molecule has 6 atom stereocenters. The van der Waals surface area contributed by atoms with Crippen LogP contribution in [0.3, 0.4) is 0 Å². The molecule has 0 bridgehead atoms. The summed E-state index contributed by atoms with van der Waals surface area (Å²) in [7, 11) is 4.59. The van der Waals surface area contributed by atoms with Crippen LogP contribution in [-0.2, 0) is 26.1 Å². The van der Waals surface area contributed by atoms with E-state index in [0.29, 0.717) is 13.1 Å². The molecule has 3 aromatic heterocycles. The normalized spacial score (nSPS) is 20.6. The zero-order chi connectivity index (χ0) is 41.6. The van der Waals surface area contributed by atoms with Gasteiger partial charge in [-0.05, 0) is 71.4 Å². The fourth-order valence-electron chi connectivity index (χ4n) is 8.49. The number of alkyl carbamates (subject to hydrolysis) is 2. The van der Waals surface area contributed by atoms with Crippen LogP contribution in [0.25, 0.3) is 42.9 Å². The SMILES string of the molecule is COC(=O)N[C@H](C(=O)N1C[C@@H](C)C[C@H]1c1nc2sc(-c3ccc(-c4ccc5c(c4)nc([C@@H]4C[C@H](C)CN4C(=O)[C@@H](NC(=O)OC)C(C)C)n5C)cc3)cc2[nH]1)C(C)C. The smallest absolute Gasteiger partial charge is 0.407 e. The maximum atomic E-state index is 13.9. The molecular weight excluding hydrogens is 757 g/mol. The van der Waals surface area contributed by atoms with E-state index >= 15 is 0 Å². The molecule has 0 unspecified atom stereocenters. The predicted octanol–water partition coefficient (Wildman–Crippen LogP) is 7.43. The van der Waals surface area contributed by atoms with Gasteiger partial charge in [0, 0.05) is 25.0 Å². The standard InChI is InChI=1S/C43H54N8O6S/c1-22(2)35(46-42(54)56-8)40(52)50-20-24(5)16-32(50)37-44-30-19-34(58-39(30)48-37)27-12-10-26(11-13-27)28-14-15-31-29(18-28)45-38(49(31)7)33-17-25(6)21-51(33)41(53)36(23(3)4)47-43(55)57-9/h10-15,18-19,22-25,32-33,35-36H,16-17,20-21H2,1-9H3,(H,44,48)(H,46,54)(H,47,55)/t24-,25-,32-,33-,35-,36-/m0/s1. The Labute approximate surface area is 342 Å². The van der Waals surface area contributed by atoms with Crippen molar-refractivity contribution in [1.29, 1.82) is 0 Å². The number of aromatic amines is 1. The molecule has 0 aliphatic carbocycles. The summed E-state index contributed by atoms with van der Waals surface area (Å²) in [6, 6.07) is 15.0. The molecule has 14 nitrogen and oxygen atoms in total. The molecule has 2 aromatic carbocycles.